The summed E-state index contributed by atoms with van der Waals surface area (Å²) < 4.78 is 16.4. The van der Waals surface area contributed by atoms with E-state index in [-0.39, 0.29) is 0 Å². The molecule has 1 atom stereocenters. The van der Waals surface area contributed by atoms with Crippen LogP contribution in [0.25, 0.3) is 6.08 Å². The maximum Gasteiger partial charge on any atom is 0.203 e. The van der Waals surface area contributed by atoms with Gasteiger partial charge in [-0.1, -0.05) is 6.08 Å². The third-order valence-electron chi connectivity index (χ3n) is 2.90. The lowest BCUT2D eigenvalue weighted by molar-refractivity contribution is 0.165. The van der Waals surface area contributed by atoms with E-state index in [4.69, 9.17) is 14.2 Å². The van der Waals surface area contributed by atoms with Gasteiger partial charge in [0.05, 0.1) is 13.2 Å². The topological polar surface area (TPSA) is 47.9 Å². The summed E-state index contributed by atoms with van der Waals surface area (Å²) in [6.07, 6.45) is 1.44. The molecule has 0 radical (unpaired) electrons. The van der Waals surface area contributed by atoms with E-state index in [1.165, 1.54) is 0 Å². The van der Waals surface area contributed by atoms with Gasteiger partial charge in [-0.05, 0) is 37.1 Å². The van der Waals surface area contributed by atoms with E-state index in [2.05, 4.69) is 0 Å². The van der Waals surface area contributed by atoms with Gasteiger partial charge in [-0.15, -0.1) is 0 Å². The maximum absolute atomic E-state index is 9.49. The monoisotopic (exact) mass is 250 g/mol. The Balaban J connectivity index is 2.41. The highest BCUT2D eigenvalue weighted by atomic mass is 16.6. The Morgan fingerprint density at radius 3 is 2.78 bits per heavy atom. The van der Waals surface area contributed by atoms with Crippen molar-refractivity contribution in [1.82, 2.24) is 0 Å². The van der Waals surface area contributed by atoms with E-state index in [9.17, 15) is 5.11 Å². The van der Waals surface area contributed by atoms with Gasteiger partial charge in [0.25, 0.3) is 0 Å². The predicted molar refractivity (Wildman–Crippen MR) is 69.3 cm³/mol. The van der Waals surface area contributed by atoms with Gasteiger partial charge in [-0.3, -0.25) is 0 Å². The summed E-state index contributed by atoms with van der Waals surface area (Å²) >= 11 is 0. The number of fused-ring (bicyclic) bond motifs is 1. The zero-order valence-corrected chi connectivity index (χ0v) is 10.9. The number of hydrogen-bond acceptors (Lipinski definition) is 4. The van der Waals surface area contributed by atoms with Gasteiger partial charge in [0, 0.05) is 0 Å². The zero-order valence-electron chi connectivity index (χ0n) is 10.9. The first-order chi connectivity index (χ1) is 8.61. The van der Waals surface area contributed by atoms with Crippen LogP contribution in [0.3, 0.4) is 0 Å². The summed E-state index contributed by atoms with van der Waals surface area (Å²) in [5, 5.41) is 9.49. The second kappa shape index (κ2) is 5.31. The summed E-state index contributed by atoms with van der Waals surface area (Å²) in [7, 11) is 1.60. The number of aliphatic hydroxyl groups is 1. The molecule has 0 bridgehead atoms. The van der Waals surface area contributed by atoms with Crippen molar-refractivity contribution < 1.29 is 19.3 Å². The molecule has 0 saturated heterocycles. The van der Waals surface area contributed by atoms with Gasteiger partial charge in [0.2, 0.25) is 5.75 Å². The summed E-state index contributed by atoms with van der Waals surface area (Å²) in [4.78, 5) is 0. The van der Waals surface area contributed by atoms with Crippen LogP contribution in [0.4, 0.5) is 0 Å². The molecule has 1 unspecified atom stereocenters. The van der Waals surface area contributed by atoms with Crippen LogP contribution in [-0.2, 0) is 0 Å². The molecule has 2 rings (SSSR count). The molecule has 1 aromatic carbocycles. The molecular weight excluding hydrogens is 232 g/mol. The number of methoxy groups -OCH3 is 1. The van der Waals surface area contributed by atoms with Crippen molar-refractivity contribution >= 4 is 6.08 Å². The normalized spacial score (nSPS) is 16.3. The molecule has 0 aliphatic carbocycles. The Bertz CT molecular complexity index is 446. The summed E-state index contributed by atoms with van der Waals surface area (Å²) in [5.74, 6) is 1.98. The number of benzene rings is 1. The summed E-state index contributed by atoms with van der Waals surface area (Å²) in [6.45, 7) is 4.69. The van der Waals surface area contributed by atoms with E-state index in [0.717, 1.165) is 11.1 Å². The first-order valence-corrected chi connectivity index (χ1v) is 5.95. The van der Waals surface area contributed by atoms with Crippen LogP contribution in [-0.4, -0.2) is 31.5 Å². The molecule has 98 valence electrons. The van der Waals surface area contributed by atoms with Gasteiger partial charge in [-0.25, -0.2) is 0 Å². The number of hydrogen-bond donors (Lipinski definition) is 1. The first-order valence-electron chi connectivity index (χ1n) is 5.95. The minimum absolute atomic E-state index is 0.468. The fourth-order valence-corrected chi connectivity index (χ4v) is 1.76. The van der Waals surface area contributed by atoms with Gasteiger partial charge in [0.1, 0.15) is 13.2 Å². The number of ether oxygens (including phenoxy) is 3. The lowest BCUT2D eigenvalue weighted by Crippen LogP contribution is -2.16. The van der Waals surface area contributed by atoms with Crippen molar-refractivity contribution in [2.75, 3.05) is 20.3 Å². The highest BCUT2D eigenvalue weighted by Gasteiger charge is 2.18. The zero-order chi connectivity index (χ0) is 13.1. The van der Waals surface area contributed by atoms with Crippen LogP contribution in [0.1, 0.15) is 19.4 Å². The van der Waals surface area contributed by atoms with E-state index < -0.39 is 6.10 Å². The van der Waals surface area contributed by atoms with Crippen molar-refractivity contribution in [2.24, 2.45) is 0 Å². The largest absolute Gasteiger partial charge is 0.493 e. The average Bonchev–Trinajstić information content (AvgIpc) is 2.37. The Labute approximate surface area is 107 Å². The lowest BCUT2D eigenvalue weighted by atomic mass is 10.1. The third kappa shape index (κ3) is 2.59. The maximum atomic E-state index is 9.49. The second-order valence-corrected chi connectivity index (χ2v) is 4.31. The minimum atomic E-state index is -0.468. The number of aliphatic hydroxyl groups excluding tert-OH is 1. The number of rotatable bonds is 3. The standard InChI is InChI=1S/C14H18O4/c1-9(10(2)15)6-11-7-12(16-3)14-13(8-11)17-4-5-18-14/h6-8,10,15H,4-5H2,1-3H3/b9-6-. The van der Waals surface area contributed by atoms with Crippen molar-refractivity contribution in [1.29, 1.82) is 0 Å². The van der Waals surface area contributed by atoms with Crippen molar-refractivity contribution in [3.63, 3.8) is 0 Å². The SMILES string of the molecule is COc1cc(/C=C(/C)C(C)O)cc2c1OCCO2. The van der Waals surface area contributed by atoms with Crippen LogP contribution in [0.2, 0.25) is 0 Å². The van der Waals surface area contributed by atoms with Crippen molar-refractivity contribution in [2.45, 2.75) is 20.0 Å². The lowest BCUT2D eigenvalue weighted by Gasteiger charge is -2.21. The molecule has 0 amide bonds. The van der Waals surface area contributed by atoms with E-state index >= 15 is 0 Å². The van der Waals surface area contributed by atoms with Gasteiger partial charge in [-0.2, -0.15) is 0 Å². The second-order valence-electron chi connectivity index (χ2n) is 4.31. The Morgan fingerprint density at radius 1 is 1.39 bits per heavy atom. The average molecular weight is 250 g/mol. The summed E-state index contributed by atoms with van der Waals surface area (Å²) in [5.41, 5.74) is 1.81. The van der Waals surface area contributed by atoms with Crippen LogP contribution < -0.4 is 14.2 Å². The predicted octanol–water partition coefficient (Wildman–Crippen LogP) is 2.25. The Kier molecular flexibility index (Phi) is 3.77. The van der Waals surface area contributed by atoms with Crippen LogP contribution in [0.15, 0.2) is 17.7 Å². The quantitative estimate of drug-likeness (QED) is 0.893. The first kappa shape index (κ1) is 12.8. The van der Waals surface area contributed by atoms with Gasteiger partial charge >= 0.3 is 0 Å². The van der Waals surface area contributed by atoms with E-state index in [1.54, 1.807) is 14.0 Å². The van der Waals surface area contributed by atoms with Crippen LogP contribution in [0.5, 0.6) is 17.2 Å². The van der Waals surface area contributed by atoms with Crippen molar-refractivity contribution in [3.8, 4) is 17.2 Å². The summed E-state index contributed by atoms with van der Waals surface area (Å²) in [6, 6.07) is 3.77. The fourth-order valence-electron chi connectivity index (χ4n) is 1.76. The molecule has 0 aromatic heterocycles. The molecule has 1 N–H and O–H groups in total. The highest BCUT2D eigenvalue weighted by molar-refractivity contribution is 5.63. The molecule has 18 heavy (non-hydrogen) atoms. The molecule has 1 aromatic rings. The van der Waals surface area contributed by atoms with Crippen molar-refractivity contribution in [3.05, 3.63) is 23.3 Å². The Hall–Kier alpha value is -1.68. The molecule has 0 spiro atoms. The van der Waals surface area contributed by atoms with E-state index in [0.29, 0.717) is 30.5 Å². The molecule has 1 aliphatic heterocycles. The molecule has 1 heterocycles. The third-order valence-corrected chi connectivity index (χ3v) is 2.90. The molecule has 1 aliphatic rings. The molecule has 4 nitrogen and oxygen atoms in total. The van der Waals surface area contributed by atoms with Crippen LogP contribution >= 0.6 is 0 Å². The minimum Gasteiger partial charge on any atom is -0.493 e. The van der Waals surface area contributed by atoms with Gasteiger partial charge in [0.15, 0.2) is 11.5 Å². The Morgan fingerprint density at radius 2 is 2.11 bits per heavy atom. The highest BCUT2D eigenvalue weighted by Crippen LogP contribution is 2.40. The fraction of sp³-hybridized carbons (Fsp3) is 0.429. The van der Waals surface area contributed by atoms with E-state index in [1.807, 2.05) is 25.1 Å². The molecule has 4 heteroatoms. The molecular formula is C14H18O4. The van der Waals surface area contributed by atoms with Crippen LogP contribution in [0, 0.1) is 0 Å². The van der Waals surface area contributed by atoms with Gasteiger partial charge < -0.3 is 19.3 Å². The molecule has 0 saturated carbocycles. The smallest absolute Gasteiger partial charge is 0.203 e. The molecule has 0 fully saturated rings.